The Kier molecular flexibility index (Phi) is 5.53. The molecule has 0 N–H and O–H groups in total. The lowest BCUT2D eigenvalue weighted by molar-refractivity contribution is -0.137. The van der Waals surface area contributed by atoms with Crippen LogP contribution in [0.15, 0.2) is 44.3 Å². The molecule has 0 amide bonds. The molecule has 1 fully saturated rings. The zero-order valence-corrected chi connectivity index (χ0v) is 15.3. The Morgan fingerprint density at radius 3 is 2.52 bits per heavy atom. The van der Waals surface area contributed by atoms with Crippen LogP contribution in [0.25, 0.3) is 0 Å². The van der Waals surface area contributed by atoms with Crippen molar-refractivity contribution in [2.45, 2.75) is 33.0 Å². The molecule has 0 radical (unpaired) electrons. The summed E-state index contributed by atoms with van der Waals surface area (Å²) in [4.78, 5) is 1.02. The van der Waals surface area contributed by atoms with E-state index in [1.807, 2.05) is 6.07 Å². The highest BCUT2D eigenvalue weighted by Crippen LogP contribution is 2.38. The molecule has 0 aliphatic carbocycles. The maximum atomic E-state index is 13.2. The fourth-order valence-electron chi connectivity index (χ4n) is 2.45. The van der Waals surface area contributed by atoms with Crippen molar-refractivity contribution in [1.82, 2.24) is 4.31 Å². The summed E-state index contributed by atoms with van der Waals surface area (Å²) >= 11 is 2.36. The number of hydrogen-bond donors (Lipinski definition) is 0. The topological polar surface area (TPSA) is 44.1 Å². The summed E-state index contributed by atoms with van der Waals surface area (Å²) in [5, 5.41) is 8.86. The zero-order valence-electron chi connectivity index (χ0n) is 12.9. The summed E-state index contributed by atoms with van der Waals surface area (Å²) in [6.45, 7) is 1.25. The van der Waals surface area contributed by atoms with Gasteiger partial charge in [0.05, 0.1) is 14.7 Å². The first-order valence-corrected chi connectivity index (χ1v) is 10.2. The van der Waals surface area contributed by atoms with E-state index in [0.29, 0.717) is 27.1 Å². The molecule has 1 saturated heterocycles. The van der Waals surface area contributed by atoms with Crippen LogP contribution in [0, 0.1) is 11.3 Å². The normalized spacial score (nSPS) is 16.7. The lowest BCUT2D eigenvalue weighted by Gasteiger charge is -2.16. The molecule has 132 valence electrons. The van der Waals surface area contributed by atoms with E-state index < -0.39 is 22.7 Å². The zero-order chi connectivity index (χ0) is 18.0. The monoisotopic (exact) mass is 402 g/mol. The summed E-state index contributed by atoms with van der Waals surface area (Å²) in [5.41, 5.74) is -0.808. The number of rotatable bonds is 4. The van der Waals surface area contributed by atoms with Crippen LogP contribution in [-0.2, 0) is 17.2 Å². The Labute approximate surface area is 154 Å². The molecule has 0 saturated carbocycles. The van der Waals surface area contributed by atoms with E-state index >= 15 is 0 Å². The fourth-order valence-corrected chi connectivity index (χ4v) is 5.87. The van der Waals surface area contributed by atoms with E-state index in [1.165, 1.54) is 11.3 Å². The molecular formula is C16H13F3N2OS3. The van der Waals surface area contributed by atoms with Crippen LogP contribution < -0.4 is 0 Å². The van der Waals surface area contributed by atoms with Gasteiger partial charge in [-0.25, -0.2) is 8.51 Å². The van der Waals surface area contributed by atoms with Gasteiger partial charge in [-0.05, 0) is 43.2 Å². The van der Waals surface area contributed by atoms with Crippen molar-refractivity contribution in [3.05, 3.63) is 40.8 Å². The summed E-state index contributed by atoms with van der Waals surface area (Å²) in [7, 11) is -1.60. The van der Waals surface area contributed by atoms with Crippen molar-refractivity contribution in [1.29, 1.82) is 5.26 Å². The Hall–Kier alpha value is -1.34. The average Bonchev–Trinajstić information content (AvgIpc) is 3.24. The van der Waals surface area contributed by atoms with Crippen molar-refractivity contribution in [2.75, 3.05) is 13.1 Å². The van der Waals surface area contributed by atoms with E-state index in [4.69, 9.17) is 5.26 Å². The number of hydrogen-bond acceptors (Lipinski definition) is 4. The molecule has 1 atom stereocenters. The second-order valence-corrected chi connectivity index (χ2v) is 9.35. The third kappa shape index (κ3) is 4.44. The van der Waals surface area contributed by atoms with Crippen LogP contribution in [0.4, 0.5) is 13.2 Å². The fraction of sp³-hybridized carbons (Fsp3) is 0.312. The second kappa shape index (κ2) is 7.50. The van der Waals surface area contributed by atoms with Crippen LogP contribution >= 0.6 is 23.1 Å². The summed E-state index contributed by atoms with van der Waals surface area (Å²) in [5.74, 6) is 0. The van der Waals surface area contributed by atoms with E-state index in [-0.39, 0.29) is 4.90 Å². The van der Waals surface area contributed by atoms with Gasteiger partial charge in [-0.15, -0.1) is 11.3 Å². The van der Waals surface area contributed by atoms with Crippen molar-refractivity contribution in [3.8, 4) is 6.07 Å². The average molecular weight is 402 g/mol. The molecule has 2 heterocycles. The molecule has 0 spiro atoms. The van der Waals surface area contributed by atoms with E-state index in [0.717, 1.165) is 36.7 Å². The third-order valence-corrected chi connectivity index (χ3v) is 7.18. The largest absolute Gasteiger partial charge is 0.416 e. The van der Waals surface area contributed by atoms with E-state index in [2.05, 4.69) is 0 Å². The van der Waals surface area contributed by atoms with Crippen molar-refractivity contribution in [3.63, 3.8) is 0 Å². The molecule has 1 aromatic heterocycles. The van der Waals surface area contributed by atoms with Crippen LogP contribution in [0.5, 0.6) is 0 Å². The number of benzene rings is 1. The molecule has 1 aliphatic heterocycles. The summed E-state index contributed by atoms with van der Waals surface area (Å²) < 4.78 is 54.7. The Morgan fingerprint density at radius 2 is 1.92 bits per heavy atom. The highest BCUT2D eigenvalue weighted by atomic mass is 32.2. The first kappa shape index (κ1) is 18.5. The van der Waals surface area contributed by atoms with Gasteiger partial charge in [-0.2, -0.15) is 18.4 Å². The van der Waals surface area contributed by atoms with Crippen LogP contribution in [0.1, 0.15) is 23.3 Å². The van der Waals surface area contributed by atoms with Gasteiger partial charge in [0.2, 0.25) is 0 Å². The predicted molar refractivity (Wildman–Crippen MR) is 91.8 cm³/mol. The maximum absolute atomic E-state index is 13.2. The third-order valence-electron chi connectivity index (χ3n) is 3.62. The standard InChI is InChI=1S/C16H13F3N2OS3/c17-16(18,19)11-7-13(24-15-4-3-12(10-20)23-15)9-14(8-11)25(22)21-5-1-2-6-21/h3-4,7-9H,1-2,5-6H2. The van der Waals surface area contributed by atoms with Gasteiger partial charge < -0.3 is 0 Å². The highest BCUT2D eigenvalue weighted by molar-refractivity contribution is 8.01. The minimum atomic E-state index is -4.51. The van der Waals surface area contributed by atoms with Gasteiger partial charge in [0, 0.05) is 18.0 Å². The maximum Gasteiger partial charge on any atom is 0.416 e. The van der Waals surface area contributed by atoms with Gasteiger partial charge in [0.25, 0.3) is 0 Å². The lowest BCUT2D eigenvalue weighted by Crippen LogP contribution is -2.22. The molecule has 1 unspecified atom stereocenters. The first-order valence-electron chi connectivity index (χ1n) is 7.44. The van der Waals surface area contributed by atoms with Gasteiger partial charge in [-0.1, -0.05) is 11.8 Å². The van der Waals surface area contributed by atoms with Gasteiger partial charge in [0.15, 0.2) is 0 Å². The predicted octanol–water partition coefficient (Wildman–Crippen LogP) is 4.91. The molecule has 9 heteroatoms. The smallest absolute Gasteiger partial charge is 0.237 e. The number of alkyl halides is 3. The van der Waals surface area contributed by atoms with Gasteiger partial charge in [0.1, 0.15) is 21.9 Å². The molecule has 3 rings (SSSR count). The van der Waals surface area contributed by atoms with Crippen molar-refractivity contribution >= 4 is 34.1 Å². The Morgan fingerprint density at radius 1 is 1.20 bits per heavy atom. The van der Waals surface area contributed by atoms with Gasteiger partial charge >= 0.3 is 6.18 Å². The van der Waals surface area contributed by atoms with E-state index in [1.54, 1.807) is 22.5 Å². The number of nitrogens with zero attached hydrogens (tertiary/aromatic N) is 2. The quantitative estimate of drug-likeness (QED) is 0.730. The summed E-state index contributed by atoms with van der Waals surface area (Å²) in [6, 6.07) is 8.90. The number of halogens is 3. The molecular weight excluding hydrogens is 389 g/mol. The molecule has 1 aromatic carbocycles. The SMILES string of the molecule is N#Cc1ccc(Sc2cc(S(=O)N3CCCC3)cc(C(F)(F)F)c2)s1. The minimum absolute atomic E-state index is 0.163. The molecule has 3 nitrogen and oxygen atoms in total. The minimum Gasteiger partial charge on any atom is -0.237 e. The van der Waals surface area contributed by atoms with Crippen molar-refractivity contribution in [2.24, 2.45) is 0 Å². The van der Waals surface area contributed by atoms with Crippen molar-refractivity contribution < 1.29 is 17.4 Å². The Balaban J connectivity index is 1.95. The molecule has 2 aromatic rings. The van der Waals surface area contributed by atoms with Gasteiger partial charge in [-0.3, -0.25) is 0 Å². The van der Waals surface area contributed by atoms with Crippen LogP contribution in [0.2, 0.25) is 0 Å². The number of nitriles is 1. The van der Waals surface area contributed by atoms with Crippen LogP contribution in [0.3, 0.4) is 0 Å². The second-order valence-electron chi connectivity index (χ2n) is 5.41. The van der Waals surface area contributed by atoms with E-state index in [9.17, 15) is 17.4 Å². The molecule has 25 heavy (non-hydrogen) atoms. The molecule has 0 bridgehead atoms. The highest BCUT2D eigenvalue weighted by Gasteiger charge is 2.32. The first-order chi connectivity index (χ1) is 11.9. The molecule has 1 aliphatic rings. The number of thiophene rings is 1. The Bertz CT molecular complexity index is 836. The lowest BCUT2D eigenvalue weighted by atomic mass is 10.2. The van der Waals surface area contributed by atoms with Crippen LogP contribution in [-0.4, -0.2) is 21.6 Å². The summed E-state index contributed by atoms with van der Waals surface area (Å²) in [6.07, 6.45) is -2.70.